The maximum Gasteiger partial charge on any atom is 0.0532 e. The van der Waals surface area contributed by atoms with Gasteiger partial charge in [0, 0.05) is 38.2 Å². The lowest BCUT2D eigenvalue weighted by Crippen LogP contribution is -2.12. The third-order valence-electron chi connectivity index (χ3n) is 3.64. The molecule has 2 heterocycles. The van der Waals surface area contributed by atoms with Crippen LogP contribution in [0.25, 0.3) is 0 Å². The van der Waals surface area contributed by atoms with Crippen molar-refractivity contribution in [2.75, 3.05) is 23.8 Å². The summed E-state index contributed by atoms with van der Waals surface area (Å²) in [6.45, 7) is 4.04. The van der Waals surface area contributed by atoms with Crippen LogP contribution in [-0.4, -0.2) is 18.6 Å². The van der Waals surface area contributed by atoms with Crippen molar-refractivity contribution in [2.45, 2.75) is 19.9 Å². The quantitative estimate of drug-likeness (QED) is 0.911. The molecule has 1 N–H and O–H groups in total. The van der Waals surface area contributed by atoms with Crippen LogP contribution in [0.2, 0.25) is 0 Å². The number of benzene rings is 1. The molecule has 0 atom stereocenters. The van der Waals surface area contributed by atoms with E-state index in [-0.39, 0.29) is 0 Å². The van der Waals surface area contributed by atoms with E-state index in [1.54, 1.807) is 0 Å². The fraction of sp³-hybridized carbons (Fsp3) is 0.312. The summed E-state index contributed by atoms with van der Waals surface area (Å²) in [5.41, 5.74) is 6.43. The molecule has 0 amide bonds. The van der Waals surface area contributed by atoms with Gasteiger partial charge in [-0.1, -0.05) is 12.1 Å². The van der Waals surface area contributed by atoms with Gasteiger partial charge in [-0.3, -0.25) is 4.98 Å². The molecule has 1 aromatic carbocycles. The summed E-state index contributed by atoms with van der Waals surface area (Å²) in [5, 5.41) is 3.43. The van der Waals surface area contributed by atoms with Crippen molar-refractivity contribution in [2.24, 2.45) is 0 Å². The summed E-state index contributed by atoms with van der Waals surface area (Å²) in [5.74, 6) is 0. The summed E-state index contributed by atoms with van der Waals surface area (Å²) < 4.78 is 0. The van der Waals surface area contributed by atoms with E-state index in [4.69, 9.17) is 0 Å². The van der Waals surface area contributed by atoms with Gasteiger partial charge in [0.25, 0.3) is 0 Å². The SMILES string of the molecule is Cc1cncc(NCc2ccc3c(c2)CCN3C)c1. The predicted molar refractivity (Wildman–Crippen MR) is 79.7 cm³/mol. The van der Waals surface area contributed by atoms with E-state index in [1.807, 2.05) is 12.4 Å². The van der Waals surface area contributed by atoms with Crippen LogP contribution in [0.5, 0.6) is 0 Å². The van der Waals surface area contributed by atoms with Crippen LogP contribution in [0.3, 0.4) is 0 Å². The first-order valence-corrected chi connectivity index (χ1v) is 6.71. The maximum absolute atomic E-state index is 4.20. The van der Waals surface area contributed by atoms with Crippen LogP contribution in [0, 0.1) is 6.92 Å². The van der Waals surface area contributed by atoms with E-state index in [1.165, 1.54) is 22.4 Å². The fourth-order valence-electron chi connectivity index (χ4n) is 2.59. The molecule has 1 aliphatic rings. The number of hydrogen-bond donors (Lipinski definition) is 1. The lowest BCUT2D eigenvalue weighted by atomic mass is 10.1. The van der Waals surface area contributed by atoms with Gasteiger partial charge in [-0.25, -0.2) is 0 Å². The Labute approximate surface area is 114 Å². The highest BCUT2D eigenvalue weighted by Crippen LogP contribution is 2.27. The first-order chi connectivity index (χ1) is 9.22. The van der Waals surface area contributed by atoms with Crippen LogP contribution in [0.1, 0.15) is 16.7 Å². The van der Waals surface area contributed by atoms with E-state index >= 15 is 0 Å². The molecule has 0 radical (unpaired) electrons. The Bertz CT molecular complexity index is 592. The first-order valence-electron chi connectivity index (χ1n) is 6.71. The van der Waals surface area contributed by atoms with Crippen molar-refractivity contribution in [1.82, 2.24) is 4.98 Å². The third kappa shape index (κ3) is 2.55. The molecule has 0 bridgehead atoms. The number of anilines is 2. The number of rotatable bonds is 3. The number of nitrogens with zero attached hydrogens (tertiary/aromatic N) is 2. The van der Waals surface area contributed by atoms with Crippen molar-refractivity contribution in [1.29, 1.82) is 0 Å². The number of likely N-dealkylation sites (N-methyl/N-ethyl adjacent to an activating group) is 1. The zero-order chi connectivity index (χ0) is 13.2. The number of fused-ring (bicyclic) bond motifs is 1. The second-order valence-electron chi connectivity index (χ2n) is 5.24. The monoisotopic (exact) mass is 253 g/mol. The summed E-state index contributed by atoms with van der Waals surface area (Å²) in [4.78, 5) is 6.51. The van der Waals surface area contributed by atoms with Gasteiger partial charge < -0.3 is 10.2 Å². The van der Waals surface area contributed by atoms with Gasteiger partial charge in [-0.15, -0.1) is 0 Å². The van der Waals surface area contributed by atoms with Gasteiger partial charge in [-0.05, 0) is 42.2 Å². The highest BCUT2D eigenvalue weighted by Gasteiger charge is 2.15. The van der Waals surface area contributed by atoms with E-state index < -0.39 is 0 Å². The highest BCUT2D eigenvalue weighted by molar-refractivity contribution is 5.58. The Morgan fingerprint density at radius 3 is 3.00 bits per heavy atom. The van der Waals surface area contributed by atoms with Crippen LogP contribution in [-0.2, 0) is 13.0 Å². The Balaban J connectivity index is 1.71. The Morgan fingerprint density at radius 2 is 2.16 bits per heavy atom. The van der Waals surface area contributed by atoms with Crippen LogP contribution < -0.4 is 10.2 Å². The predicted octanol–water partition coefficient (Wildman–Crippen LogP) is 2.99. The minimum absolute atomic E-state index is 0.849. The van der Waals surface area contributed by atoms with E-state index in [0.717, 1.165) is 25.2 Å². The fourth-order valence-corrected chi connectivity index (χ4v) is 2.59. The molecular weight excluding hydrogens is 234 g/mol. The van der Waals surface area contributed by atoms with Crippen molar-refractivity contribution >= 4 is 11.4 Å². The molecule has 98 valence electrons. The molecule has 0 saturated carbocycles. The minimum atomic E-state index is 0.849. The molecule has 2 aromatic rings. The molecular formula is C16H19N3. The lowest BCUT2D eigenvalue weighted by Gasteiger charge is -2.12. The van der Waals surface area contributed by atoms with Crippen molar-refractivity contribution in [3.05, 3.63) is 53.3 Å². The molecule has 19 heavy (non-hydrogen) atoms. The van der Waals surface area contributed by atoms with Crippen LogP contribution in [0.4, 0.5) is 11.4 Å². The summed E-state index contributed by atoms with van der Waals surface area (Å²) in [7, 11) is 2.15. The Kier molecular flexibility index (Phi) is 3.11. The second kappa shape index (κ2) is 4.92. The molecule has 0 aliphatic carbocycles. The van der Waals surface area contributed by atoms with E-state index in [0.29, 0.717) is 0 Å². The molecule has 1 aliphatic heterocycles. The number of hydrogen-bond acceptors (Lipinski definition) is 3. The van der Waals surface area contributed by atoms with Crippen LogP contribution in [0.15, 0.2) is 36.7 Å². The van der Waals surface area contributed by atoms with Gasteiger partial charge >= 0.3 is 0 Å². The summed E-state index contributed by atoms with van der Waals surface area (Å²) >= 11 is 0. The first kappa shape index (κ1) is 12.0. The lowest BCUT2D eigenvalue weighted by molar-refractivity contribution is 0.955. The number of pyridine rings is 1. The van der Waals surface area contributed by atoms with Crippen LogP contribution >= 0.6 is 0 Å². The molecule has 3 nitrogen and oxygen atoms in total. The average Bonchev–Trinajstić information content (AvgIpc) is 2.78. The molecule has 0 saturated heterocycles. The van der Waals surface area contributed by atoms with Gasteiger partial charge in [0.05, 0.1) is 5.69 Å². The normalized spacial score (nSPS) is 13.5. The smallest absolute Gasteiger partial charge is 0.0532 e. The topological polar surface area (TPSA) is 28.2 Å². The van der Waals surface area contributed by atoms with Crippen molar-refractivity contribution < 1.29 is 0 Å². The molecule has 3 heteroatoms. The number of nitrogens with one attached hydrogen (secondary N) is 1. The molecule has 0 fully saturated rings. The highest BCUT2D eigenvalue weighted by atomic mass is 15.1. The van der Waals surface area contributed by atoms with Crippen molar-refractivity contribution in [3.63, 3.8) is 0 Å². The van der Waals surface area contributed by atoms with Gasteiger partial charge in [0.15, 0.2) is 0 Å². The minimum Gasteiger partial charge on any atom is -0.380 e. The Morgan fingerprint density at radius 1 is 1.26 bits per heavy atom. The molecule has 3 rings (SSSR count). The standard InChI is InChI=1S/C16H19N3/c1-12-7-15(11-17-9-12)18-10-13-3-4-16-14(8-13)5-6-19(16)2/h3-4,7-9,11,18H,5-6,10H2,1-2H3. The number of aromatic nitrogens is 1. The van der Waals surface area contributed by atoms with Gasteiger partial charge in [0.1, 0.15) is 0 Å². The largest absolute Gasteiger partial charge is 0.380 e. The number of aryl methyl sites for hydroxylation is 1. The van der Waals surface area contributed by atoms with Gasteiger partial charge in [-0.2, -0.15) is 0 Å². The van der Waals surface area contributed by atoms with E-state index in [9.17, 15) is 0 Å². The summed E-state index contributed by atoms with van der Waals surface area (Å²) in [6.07, 6.45) is 4.90. The van der Waals surface area contributed by atoms with E-state index in [2.05, 4.69) is 53.4 Å². The molecule has 0 unspecified atom stereocenters. The zero-order valence-corrected chi connectivity index (χ0v) is 11.5. The van der Waals surface area contributed by atoms with Crippen molar-refractivity contribution in [3.8, 4) is 0 Å². The Hall–Kier alpha value is -2.03. The average molecular weight is 253 g/mol. The third-order valence-corrected chi connectivity index (χ3v) is 3.64. The summed E-state index contributed by atoms with van der Waals surface area (Å²) in [6, 6.07) is 8.87. The second-order valence-corrected chi connectivity index (χ2v) is 5.24. The zero-order valence-electron chi connectivity index (χ0n) is 11.5. The maximum atomic E-state index is 4.20. The van der Waals surface area contributed by atoms with Gasteiger partial charge in [0.2, 0.25) is 0 Å². The molecule has 1 aromatic heterocycles. The molecule has 0 spiro atoms.